The fraction of sp³-hybridized carbons (Fsp3) is 0.357. The van der Waals surface area contributed by atoms with Crippen molar-refractivity contribution in [1.29, 1.82) is 0 Å². The smallest absolute Gasteiger partial charge is 0.338 e. The fourth-order valence-corrected chi connectivity index (χ4v) is 1.91. The Kier molecular flexibility index (Phi) is 4.42. The zero-order valence-electron chi connectivity index (χ0n) is 11.8. The Morgan fingerprint density at radius 2 is 1.95 bits per heavy atom. The molecule has 1 unspecified atom stereocenters. The Balaban J connectivity index is 1.97. The van der Waals surface area contributed by atoms with E-state index in [1.807, 2.05) is 0 Å². The summed E-state index contributed by atoms with van der Waals surface area (Å²) in [5.74, 6) is -0.547. The summed E-state index contributed by atoms with van der Waals surface area (Å²) in [6, 6.07) is 5.86. The van der Waals surface area contributed by atoms with Crippen LogP contribution in [-0.4, -0.2) is 49.1 Å². The number of methoxy groups -OCH3 is 1. The van der Waals surface area contributed by atoms with Gasteiger partial charge in [-0.2, -0.15) is 0 Å². The first-order chi connectivity index (χ1) is 10.0. The molecule has 1 N–H and O–H groups in total. The van der Waals surface area contributed by atoms with E-state index in [9.17, 15) is 14.4 Å². The molecule has 2 rings (SSSR count). The number of carbonyl (C=O) groups is 3. The van der Waals surface area contributed by atoms with Crippen molar-refractivity contribution < 1.29 is 23.9 Å². The fourth-order valence-electron chi connectivity index (χ4n) is 1.91. The van der Waals surface area contributed by atoms with E-state index in [2.05, 4.69) is 5.32 Å². The highest BCUT2D eigenvalue weighted by atomic mass is 16.5. The van der Waals surface area contributed by atoms with Crippen LogP contribution in [0, 0.1) is 0 Å². The zero-order chi connectivity index (χ0) is 15.4. The lowest BCUT2D eigenvalue weighted by Gasteiger charge is -2.18. The van der Waals surface area contributed by atoms with Crippen molar-refractivity contribution in [2.75, 3.05) is 20.2 Å². The third-order valence-corrected chi connectivity index (χ3v) is 3.08. The summed E-state index contributed by atoms with van der Waals surface area (Å²) in [6.07, 6.45) is -1.02. The van der Waals surface area contributed by atoms with E-state index in [0.717, 1.165) is 4.90 Å². The van der Waals surface area contributed by atoms with Gasteiger partial charge in [-0.15, -0.1) is 0 Å². The van der Waals surface area contributed by atoms with Crippen molar-refractivity contribution in [3.8, 4) is 5.75 Å². The van der Waals surface area contributed by atoms with Crippen LogP contribution in [0.5, 0.6) is 5.75 Å². The van der Waals surface area contributed by atoms with Gasteiger partial charge in [0.2, 0.25) is 0 Å². The molecule has 0 saturated carbocycles. The number of urea groups is 1. The van der Waals surface area contributed by atoms with Crippen LogP contribution in [0.2, 0.25) is 0 Å². The third-order valence-electron chi connectivity index (χ3n) is 3.08. The first-order valence-corrected chi connectivity index (χ1v) is 6.47. The molecule has 1 aromatic carbocycles. The molecular weight excluding hydrogens is 276 g/mol. The van der Waals surface area contributed by atoms with E-state index in [0.29, 0.717) is 17.9 Å². The molecule has 7 heteroatoms. The largest absolute Gasteiger partial charge is 0.497 e. The number of amides is 3. The number of rotatable bonds is 4. The van der Waals surface area contributed by atoms with Gasteiger partial charge < -0.3 is 14.8 Å². The monoisotopic (exact) mass is 292 g/mol. The number of nitrogens with zero attached hydrogens (tertiary/aromatic N) is 1. The number of carbonyl (C=O) groups excluding carboxylic acids is 3. The van der Waals surface area contributed by atoms with E-state index >= 15 is 0 Å². The Labute approximate surface area is 121 Å². The van der Waals surface area contributed by atoms with Crippen LogP contribution in [0.3, 0.4) is 0 Å². The Morgan fingerprint density at radius 1 is 1.29 bits per heavy atom. The number of imide groups is 1. The molecule has 1 heterocycles. The first-order valence-electron chi connectivity index (χ1n) is 6.47. The molecule has 0 radical (unpaired) electrons. The van der Waals surface area contributed by atoms with E-state index in [4.69, 9.17) is 9.47 Å². The molecule has 3 amide bonds. The van der Waals surface area contributed by atoms with Crippen LogP contribution in [0.1, 0.15) is 17.3 Å². The van der Waals surface area contributed by atoms with Crippen LogP contribution in [0.4, 0.5) is 4.79 Å². The molecule has 0 aromatic heterocycles. The van der Waals surface area contributed by atoms with Crippen LogP contribution in [0.15, 0.2) is 24.3 Å². The van der Waals surface area contributed by atoms with Gasteiger partial charge in [0.05, 0.1) is 12.7 Å². The maximum atomic E-state index is 12.0. The summed E-state index contributed by atoms with van der Waals surface area (Å²) >= 11 is 0. The molecular formula is C14H16N2O5. The van der Waals surface area contributed by atoms with Crippen molar-refractivity contribution in [3.63, 3.8) is 0 Å². The lowest BCUT2D eigenvalue weighted by Crippen LogP contribution is -2.41. The molecule has 1 aromatic rings. The molecule has 112 valence electrons. The summed E-state index contributed by atoms with van der Waals surface area (Å²) in [5, 5.41) is 2.51. The molecule has 1 saturated heterocycles. The average Bonchev–Trinajstić information content (AvgIpc) is 2.92. The Hall–Kier alpha value is -2.57. The minimum atomic E-state index is -1.02. The highest BCUT2D eigenvalue weighted by molar-refractivity contribution is 5.99. The topological polar surface area (TPSA) is 84.9 Å². The van der Waals surface area contributed by atoms with E-state index in [1.165, 1.54) is 14.0 Å². The van der Waals surface area contributed by atoms with Crippen LogP contribution in [0.25, 0.3) is 0 Å². The van der Waals surface area contributed by atoms with Crippen molar-refractivity contribution in [2.45, 2.75) is 13.0 Å². The Bertz CT molecular complexity index is 555. The van der Waals surface area contributed by atoms with Gasteiger partial charge in [-0.1, -0.05) is 0 Å². The summed E-state index contributed by atoms with van der Waals surface area (Å²) in [6.45, 7) is 2.13. The first kappa shape index (κ1) is 14.8. The normalized spacial score (nSPS) is 15.3. The molecule has 21 heavy (non-hydrogen) atoms. The number of hydrogen-bond acceptors (Lipinski definition) is 5. The van der Waals surface area contributed by atoms with Crippen LogP contribution < -0.4 is 10.1 Å². The lowest BCUT2D eigenvalue weighted by atomic mass is 10.2. The molecule has 1 atom stereocenters. The predicted molar refractivity (Wildman–Crippen MR) is 73.0 cm³/mol. The zero-order valence-corrected chi connectivity index (χ0v) is 11.8. The number of ether oxygens (including phenoxy) is 2. The third kappa shape index (κ3) is 3.31. The Morgan fingerprint density at radius 3 is 2.48 bits per heavy atom. The summed E-state index contributed by atoms with van der Waals surface area (Å²) in [4.78, 5) is 36.3. The molecule has 0 spiro atoms. The predicted octanol–water partition coefficient (Wildman–Crippen LogP) is 0.792. The molecule has 1 aliphatic heterocycles. The number of benzene rings is 1. The van der Waals surface area contributed by atoms with Crippen molar-refractivity contribution in [2.24, 2.45) is 0 Å². The lowest BCUT2D eigenvalue weighted by molar-refractivity contribution is -0.136. The van der Waals surface area contributed by atoms with Crippen molar-refractivity contribution in [1.82, 2.24) is 10.2 Å². The van der Waals surface area contributed by atoms with Gasteiger partial charge in [0.1, 0.15) is 5.75 Å². The second kappa shape index (κ2) is 6.25. The quantitative estimate of drug-likeness (QED) is 0.829. The maximum Gasteiger partial charge on any atom is 0.338 e. The SMILES string of the molecule is COc1ccc(C(=O)OC(C)C(=O)N2CCNC2=O)cc1. The number of esters is 1. The van der Waals surface area contributed by atoms with Gasteiger partial charge >= 0.3 is 12.0 Å². The van der Waals surface area contributed by atoms with Gasteiger partial charge in [0.25, 0.3) is 5.91 Å². The highest BCUT2D eigenvalue weighted by Crippen LogP contribution is 2.13. The molecule has 0 aliphatic carbocycles. The molecule has 0 bridgehead atoms. The van der Waals surface area contributed by atoms with Gasteiger partial charge in [-0.05, 0) is 31.2 Å². The number of hydrogen-bond donors (Lipinski definition) is 1. The van der Waals surface area contributed by atoms with Crippen LogP contribution in [-0.2, 0) is 9.53 Å². The minimum absolute atomic E-state index is 0.280. The van der Waals surface area contributed by atoms with Crippen molar-refractivity contribution in [3.05, 3.63) is 29.8 Å². The van der Waals surface area contributed by atoms with Crippen molar-refractivity contribution >= 4 is 17.9 Å². The average molecular weight is 292 g/mol. The summed E-state index contributed by atoms with van der Waals surface area (Å²) in [7, 11) is 1.52. The standard InChI is InChI=1S/C14H16N2O5/c1-9(12(17)16-8-7-15-14(16)19)21-13(18)10-3-5-11(20-2)6-4-10/h3-6,9H,7-8H2,1-2H3,(H,15,19). The minimum Gasteiger partial charge on any atom is -0.497 e. The van der Waals surface area contributed by atoms with E-state index in [-0.39, 0.29) is 6.54 Å². The van der Waals surface area contributed by atoms with E-state index in [1.54, 1.807) is 24.3 Å². The second-order valence-corrected chi connectivity index (χ2v) is 4.50. The summed E-state index contributed by atoms with van der Waals surface area (Å²) in [5.41, 5.74) is 0.307. The summed E-state index contributed by atoms with van der Waals surface area (Å²) < 4.78 is 10.1. The number of nitrogens with one attached hydrogen (secondary N) is 1. The van der Waals surface area contributed by atoms with Gasteiger partial charge in [-0.3, -0.25) is 9.69 Å². The maximum absolute atomic E-state index is 12.0. The van der Waals surface area contributed by atoms with Gasteiger partial charge in [-0.25, -0.2) is 9.59 Å². The van der Waals surface area contributed by atoms with Gasteiger partial charge in [0, 0.05) is 13.1 Å². The molecule has 7 nitrogen and oxygen atoms in total. The molecule has 1 fully saturated rings. The second-order valence-electron chi connectivity index (χ2n) is 4.50. The van der Waals surface area contributed by atoms with Gasteiger partial charge in [0.15, 0.2) is 6.10 Å². The highest BCUT2D eigenvalue weighted by Gasteiger charge is 2.31. The van der Waals surface area contributed by atoms with Crippen LogP contribution >= 0.6 is 0 Å². The van der Waals surface area contributed by atoms with E-state index < -0.39 is 24.0 Å². The molecule has 1 aliphatic rings.